The van der Waals surface area contributed by atoms with Gasteiger partial charge in [-0.3, -0.25) is 9.79 Å². The van der Waals surface area contributed by atoms with E-state index in [9.17, 15) is 18.0 Å². The lowest BCUT2D eigenvalue weighted by molar-refractivity contribution is -0.141. The van der Waals surface area contributed by atoms with Crippen molar-refractivity contribution < 1.29 is 22.7 Å². The van der Waals surface area contributed by atoms with Crippen molar-refractivity contribution in [1.82, 2.24) is 9.78 Å². The van der Waals surface area contributed by atoms with Crippen molar-refractivity contribution in [2.24, 2.45) is 21.5 Å². The Morgan fingerprint density at radius 2 is 2.15 bits per heavy atom. The van der Waals surface area contributed by atoms with Gasteiger partial charge in [0.25, 0.3) is 5.91 Å². The molecular weight excluding hydrogens is 439 g/mol. The fourth-order valence-electron chi connectivity index (χ4n) is 3.03. The van der Waals surface area contributed by atoms with E-state index in [1.165, 1.54) is 0 Å². The third-order valence-corrected chi connectivity index (χ3v) is 4.68. The first-order chi connectivity index (χ1) is 15.5. The van der Waals surface area contributed by atoms with E-state index in [-0.39, 0.29) is 18.0 Å². The van der Waals surface area contributed by atoms with Crippen molar-refractivity contribution >= 4 is 29.3 Å². The van der Waals surface area contributed by atoms with Crippen LogP contribution in [0.5, 0.6) is 0 Å². The molecule has 2 aromatic rings. The SMILES string of the molecule is C=C(/C=N\C(=C/N)C(=O)Nc1cccc(C2(C)COCC(N)=N2)c1)n1ccc(C(F)(F)F)n1. The van der Waals surface area contributed by atoms with E-state index < -0.39 is 23.3 Å². The lowest BCUT2D eigenvalue weighted by Gasteiger charge is -2.30. The molecule has 1 aromatic carbocycles. The lowest BCUT2D eigenvalue weighted by atomic mass is 9.92. The normalized spacial score (nSPS) is 19.4. The average molecular weight is 461 g/mol. The minimum absolute atomic E-state index is 0.000297. The minimum atomic E-state index is -4.59. The van der Waals surface area contributed by atoms with Gasteiger partial charge in [0, 0.05) is 18.1 Å². The number of amidine groups is 1. The third-order valence-electron chi connectivity index (χ3n) is 4.68. The number of amides is 1. The second-order valence-electron chi connectivity index (χ2n) is 7.35. The Morgan fingerprint density at radius 1 is 1.39 bits per heavy atom. The fraction of sp³-hybridized carbons (Fsp3) is 0.238. The Balaban J connectivity index is 1.71. The van der Waals surface area contributed by atoms with E-state index in [2.05, 4.69) is 27.0 Å². The topological polar surface area (TPSA) is 133 Å². The Bertz CT molecular complexity index is 1150. The molecule has 0 fully saturated rings. The highest BCUT2D eigenvalue weighted by Crippen LogP contribution is 2.30. The van der Waals surface area contributed by atoms with Gasteiger partial charge in [0.05, 0.1) is 18.5 Å². The predicted octanol–water partition coefficient (Wildman–Crippen LogP) is 2.48. The molecule has 0 bridgehead atoms. The van der Waals surface area contributed by atoms with Crippen molar-refractivity contribution in [2.45, 2.75) is 18.6 Å². The van der Waals surface area contributed by atoms with Crippen LogP contribution < -0.4 is 16.8 Å². The number of halogens is 3. The van der Waals surface area contributed by atoms with Gasteiger partial charge in [-0.15, -0.1) is 0 Å². The number of carbonyl (C=O) groups is 1. The Labute approximate surface area is 187 Å². The summed E-state index contributed by atoms with van der Waals surface area (Å²) in [5.41, 5.74) is 10.6. The molecule has 9 nitrogen and oxygen atoms in total. The number of nitrogens with zero attached hydrogens (tertiary/aromatic N) is 4. The van der Waals surface area contributed by atoms with Crippen LogP contribution in [0.3, 0.4) is 0 Å². The van der Waals surface area contributed by atoms with E-state index in [0.717, 1.165) is 34.9 Å². The number of anilines is 1. The zero-order valence-electron chi connectivity index (χ0n) is 17.6. The van der Waals surface area contributed by atoms with Gasteiger partial charge in [0.1, 0.15) is 23.7 Å². The van der Waals surface area contributed by atoms with Crippen molar-refractivity contribution in [2.75, 3.05) is 18.5 Å². The van der Waals surface area contributed by atoms with Crippen LogP contribution in [0.4, 0.5) is 18.9 Å². The highest BCUT2D eigenvalue weighted by atomic mass is 19.4. The van der Waals surface area contributed by atoms with Gasteiger partial charge in [-0.2, -0.15) is 18.3 Å². The van der Waals surface area contributed by atoms with Crippen LogP contribution in [0.2, 0.25) is 0 Å². The maximum absolute atomic E-state index is 12.7. The van der Waals surface area contributed by atoms with Gasteiger partial charge in [-0.25, -0.2) is 9.67 Å². The predicted molar refractivity (Wildman–Crippen MR) is 118 cm³/mol. The number of carbonyl (C=O) groups excluding carboxylic acids is 1. The second-order valence-corrected chi connectivity index (χ2v) is 7.35. The number of allylic oxidation sites excluding steroid dienone is 1. The van der Waals surface area contributed by atoms with Gasteiger partial charge in [0.15, 0.2) is 5.69 Å². The highest BCUT2D eigenvalue weighted by molar-refractivity contribution is 6.08. The first-order valence-electron chi connectivity index (χ1n) is 9.64. The molecule has 0 spiro atoms. The third kappa shape index (κ3) is 5.66. The molecule has 0 radical (unpaired) electrons. The number of hydrogen-bond donors (Lipinski definition) is 3. The summed E-state index contributed by atoms with van der Waals surface area (Å²) in [4.78, 5) is 21.0. The Hall–Kier alpha value is -3.93. The van der Waals surface area contributed by atoms with Crippen LogP contribution in [0, 0.1) is 0 Å². The number of rotatable bonds is 6. The van der Waals surface area contributed by atoms with Crippen molar-refractivity contribution in [3.63, 3.8) is 0 Å². The number of aromatic nitrogens is 2. The largest absolute Gasteiger partial charge is 0.435 e. The van der Waals surface area contributed by atoms with E-state index in [0.29, 0.717) is 18.1 Å². The zero-order chi connectivity index (χ0) is 24.2. The van der Waals surface area contributed by atoms with Crippen molar-refractivity contribution in [3.8, 4) is 0 Å². The number of nitrogens with one attached hydrogen (secondary N) is 1. The summed E-state index contributed by atoms with van der Waals surface area (Å²) in [5.74, 6) is -0.260. The number of benzene rings is 1. The molecule has 174 valence electrons. The zero-order valence-corrected chi connectivity index (χ0v) is 17.6. The first-order valence-corrected chi connectivity index (χ1v) is 9.64. The highest BCUT2D eigenvalue weighted by Gasteiger charge is 2.33. The van der Waals surface area contributed by atoms with E-state index in [1.54, 1.807) is 18.2 Å². The van der Waals surface area contributed by atoms with Gasteiger partial charge in [0.2, 0.25) is 0 Å². The number of aliphatic imine (C=N–C) groups is 2. The van der Waals surface area contributed by atoms with Gasteiger partial charge in [-0.05, 0) is 30.7 Å². The van der Waals surface area contributed by atoms with E-state index in [1.807, 2.05) is 13.0 Å². The second kappa shape index (κ2) is 9.28. The van der Waals surface area contributed by atoms with Crippen molar-refractivity contribution in [1.29, 1.82) is 0 Å². The molecule has 1 aliphatic heterocycles. The van der Waals surface area contributed by atoms with E-state index in [4.69, 9.17) is 16.2 Å². The molecule has 1 unspecified atom stereocenters. The Kier molecular flexibility index (Phi) is 6.68. The van der Waals surface area contributed by atoms with Crippen LogP contribution in [0.15, 0.2) is 65.0 Å². The average Bonchev–Trinajstić information content (AvgIpc) is 3.25. The lowest BCUT2D eigenvalue weighted by Crippen LogP contribution is -2.37. The quantitative estimate of drug-likeness (QED) is 0.449. The smallest absolute Gasteiger partial charge is 0.403 e. The van der Waals surface area contributed by atoms with E-state index >= 15 is 0 Å². The van der Waals surface area contributed by atoms with Crippen LogP contribution in [-0.2, 0) is 21.2 Å². The minimum Gasteiger partial charge on any atom is -0.403 e. The van der Waals surface area contributed by atoms with Crippen LogP contribution in [-0.4, -0.2) is 41.0 Å². The number of hydrogen-bond acceptors (Lipinski definition) is 7. The fourth-order valence-corrected chi connectivity index (χ4v) is 3.03. The monoisotopic (exact) mass is 461 g/mol. The molecule has 12 heteroatoms. The standard InChI is InChI=1S/C21H22F3N7O2/c1-13(31-7-6-17(30-31)21(22,23)24)10-27-16(9-25)19(32)28-15-5-3-4-14(8-15)20(2)12-33-11-18(26)29-20/h3-10H,1,11-12,25H2,2H3,(H2,26,29)(H,28,32)/b16-9-,27-10-. The first kappa shape index (κ1) is 23.7. The summed E-state index contributed by atoms with van der Waals surface area (Å²) in [7, 11) is 0. The summed E-state index contributed by atoms with van der Waals surface area (Å²) in [6.45, 7) is 6.05. The molecule has 1 amide bonds. The molecule has 0 saturated carbocycles. The Morgan fingerprint density at radius 3 is 2.79 bits per heavy atom. The number of nitrogens with two attached hydrogens (primary N) is 2. The summed E-state index contributed by atoms with van der Waals surface area (Å²) < 4.78 is 44.5. The summed E-state index contributed by atoms with van der Waals surface area (Å²) in [5, 5.41) is 6.05. The molecular formula is C21H22F3N7O2. The summed E-state index contributed by atoms with van der Waals surface area (Å²) in [6.07, 6.45) is -1.45. The van der Waals surface area contributed by atoms with Gasteiger partial charge in [-0.1, -0.05) is 18.7 Å². The molecule has 2 heterocycles. The molecule has 1 aromatic heterocycles. The number of ether oxygens (including phenoxy) is 1. The summed E-state index contributed by atoms with van der Waals surface area (Å²) >= 11 is 0. The van der Waals surface area contributed by atoms with Crippen LogP contribution >= 0.6 is 0 Å². The molecule has 0 saturated heterocycles. The van der Waals surface area contributed by atoms with Crippen molar-refractivity contribution in [3.05, 3.63) is 66.3 Å². The maximum atomic E-state index is 12.7. The molecule has 33 heavy (non-hydrogen) atoms. The molecule has 0 aliphatic carbocycles. The molecule has 1 aliphatic rings. The molecule has 1 atom stereocenters. The molecule has 5 N–H and O–H groups in total. The number of alkyl halides is 3. The molecule has 3 rings (SSSR count). The van der Waals surface area contributed by atoms with Crippen LogP contribution in [0.25, 0.3) is 5.70 Å². The van der Waals surface area contributed by atoms with Gasteiger partial charge >= 0.3 is 6.18 Å². The maximum Gasteiger partial charge on any atom is 0.435 e. The van der Waals surface area contributed by atoms with Gasteiger partial charge < -0.3 is 21.5 Å². The summed E-state index contributed by atoms with van der Waals surface area (Å²) in [6, 6.07) is 7.77. The van der Waals surface area contributed by atoms with Crippen LogP contribution in [0.1, 0.15) is 18.2 Å².